The van der Waals surface area contributed by atoms with Gasteiger partial charge in [0.05, 0.1) is 0 Å². The van der Waals surface area contributed by atoms with Gasteiger partial charge in [-0.1, -0.05) is 49.4 Å². The maximum absolute atomic E-state index is 3.52. The van der Waals surface area contributed by atoms with Crippen LogP contribution in [0, 0.1) is 0 Å². The normalized spacial score (nSPS) is 20.2. The van der Waals surface area contributed by atoms with Crippen LogP contribution in [-0.4, -0.2) is 37.1 Å². The number of piperidine rings is 1. The fraction of sp³-hybridized carbons (Fsp3) is 0.529. The molecule has 0 aromatic heterocycles. The van der Waals surface area contributed by atoms with Crippen LogP contribution in [0.4, 0.5) is 0 Å². The highest BCUT2D eigenvalue weighted by atomic mass is 15.2. The van der Waals surface area contributed by atoms with E-state index in [1.54, 1.807) is 0 Å². The zero-order valence-electron chi connectivity index (χ0n) is 12.0. The van der Waals surface area contributed by atoms with Crippen LogP contribution in [0.25, 0.3) is 6.08 Å². The molecule has 0 aliphatic carbocycles. The van der Waals surface area contributed by atoms with Gasteiger partial charge in [0.1, 0.15) is 0 Å². The van der Waals surface area contributed by atoms with Crippen molar-refractivity contribution in [1.82, 2.24) is 10.2 Å². The molecule has 2 nitrogen and oxygen atoms in total. The van der Waals surface area contributed by atoms with Crippen molar-refractivity contribution in [3.05, 3.63) is 42.0 Å². The highest BCUT2D eigenvalue weighted by Crippen LogP contribution is 2.11. The Morgan fingerprint density at radius 1 is 1.32 bits per heavy atom. The Morgan fingerprint density at radius 2 is 2.16 bits per heavy atom. The molecule has 0 spiro atoms. The number of benzene rings is 1. The summed E-state index contributed by atoms with van der Waals surface area (Å²) in [6.45, 7) is 6.88. The highest BCUT2D eigenvalue weighted by molar-refractivity contribution is 5.48. The van der Waals surface area contributed by atoms with E-state index in [1.807, 2.05) is 0 Å². The van der Waals surface area contributed by atoms with Gasteiger partial charge in [0.25, 0.3) is 0 Å². The molecule has 0 saturated carbocycles. The first-order valence-electron chi connectivity index (χ1n) is 7.56. The third-order valence-corrected chi connectivity index (χ3v) is 3.75. The molecule has 1 fully saturated rings. The van der Waals surface area contributed by atoms with E-state index >= 15 is 0 Å². The number of nitrogens with one attached hydrogen (secondary N) is 1. The van der Waals surface area contributed by atoms with Gasteiger partial charge in [0.15, 0.2) is 0 Å². The van der Waals surface area contributed by atoms with Gasteiger partial charge in [-0.15, -0.1) is 0 Å². The van der Waals surface area contributed by atoms with Crippen molar-refractivity contribution in [3.8, 4) is 0 Å². The first-order chi connectivity index (χ1) is 9.40. The van der Waals surface area contributed by atoms with Gasteiger partial charge in [-0.25, -0.2) is 0 Å². The van der Waals surface area contributed by atoms with Gasteiger partial charge in [-0.2, -0.15) is 0 Å². The van der Waals surface area contributed by atoms with E-state index in [9.17, 15) is 0 Å². The van der Waals surface area contributed by atoms with Gasteiger partial charge < -0.3 is 5.32 Å². The number of hydrogen-bond acceptors (Lipinski definition) is 2. The maximum Gasteiger partial charge on any atom is 0.0224 e. The highest BCUT2D eigenvalue weighted by Gasteiger charge is 2.18. The van der Waals surface area contributed by atoms with Crippen LogP contribution in [0.15, 0.2) is 36.4 Å². The molecule has 1 heterocycles. The quantitative estimate of drug-likeness (QED) is 0.843. The molecule has 2 heteroatoms. The second kappa shape index (κ2) is 8.13. The molecule has 1 atom stereocenters. The van der Waals surface area contributed by atoms with E-state index < -0.39 is 0 Å². The van der Waals surface area contributed by atoms with Crippen molar-refractivity contribution >= 4 is 6.08 Å². The minimum atomic E-state index is 0.717. The molecular formula is C17H26N2. The molecule has 104 valence electrons. The predicted octanol–water partition coefficient (Wildman–Crippen LogP) is 3.16. The van der Waals surface area contributed by atoms with Crippen LogP contribution >= 0.6 is 0 Å². The molecule has 0 amide bonds. The van der Waals surface area contributed by atoms with Gasteiger partial charge in [0.2, 0.25) is 0 Å². The summed E-state index contributed by atoms with van der Waals surface area (Å²) in [6, 6.07) is 11.3. The van der Waals surface area contributed by atoms with Gasteiger partial charge in [-0.3, -0.25) is 4.90 Å². The molecule has 1 saturated heterocycles. The standard InChI is InChI=1S/C17H26N2/c1-2-13-19(17-11-6-12-18-15-17)14-7-10-16-8-4-3-5-9-16/h3-5,7-10,17-18H,2,6,11-15H2,1H3. The van der Waals surface area contributed by atoms with E-state index in [4.69, 9.17) is 0 Å². The molecule has 0 bridgehead atoms. The van der Waals surface area contributed by atoms with Gasteiger partial charge in [-0.05, 0) is 37.9 Å². The van der Waals surface area contributed by atoms with Crippen molar-refractivity contribution in [3.63, 3.8) is 0 Å². The molecule has 1 N–H and O–H groups in total. The third kappa shape index (κ3) is 4.81. The lowest BCUT2D eigenvalue weighted by molar-refractivity contribution is 0.183. The average molecular weight is 258 g/mol. The summed E-state index contributed by atoms with van der Waals surface area (Å²) in [7, 11) is 0. The largest absolute Gasteiger partial charge is 0.315 e. The van der Waals surface area contributed by atoms with E-state index in [1.165, 1.54) is 37.9 Å². The smallest absolute Gasteiger partial charge is 0.0224 e. The summed E-state index contributed by atoms with van der Waals surface area (Å²) < 4.78 is 0. The van der Waals surface area contributed by atoms with Gasteiger partial charge in [0, 0.05) is 19.1 Å². The summed E-state index contributed by atoms with van der Waals surface area (Å²) >= 11 is 0. The molecule has 1 aliphatic rings. The number of hydrogen-bond donors (Lipinski definition) is 1. The Kier molecular flexibility index (Phi) is 6.12. The van der Waals surface area contributed by atoms with Crippen molar-refractivity contribution < 1.29 is 0 Å². The summed E-state index contributed by atoms with van der Waals surface area (Å²) in [5.74, 6) is 0. The minimum Gasteiger partial charge on any atom is -0.315 e. The molecule has 1 aromatic rings. The fourth-order valence-electron chi connectivity index (χ4n) is 2.74. The molecule has 1 unspecified atom stereocenters. The summed E-state index contributed by atoms with van der Waals surface area (Å²) in [5.41, 5.74) is 1.29. The van der Waals surface area contributed by atoms with Crippen LogP contribution in [0.1, 0.15) is 31.7 Å². The van der Waals surface area contributed by atoms with Crippen LogP contribution < -0.4 is 5.32 Å². The first-order valence-corrected chi connectivity index (χ1v) is 7.56. The third-order valence-electron chi connectivity index (χ3n) is 3.75. The Balaban J connectivity index is 1.87. The number of rotatable bonds is 6. The fourth-order valence-corrected chi connectivity index (χ4v) is 2.74. The lowest BCUT2D eigenvalue weighted by Crippen LogP contribution is -2.46. The van der Waals surface area contributed by atoms with Crippen molar-refractivity contribution in [2.45, 2.75) is 32.2 Å². The Morgan fingerprint density at radius 3 is 2.84 bits per heavy atom. The Hall–Kier alpha value is -1.12. The SMILES string of the molecule is CCCN(CC=Cc1ccccc1)C1CCCNC1. The lowest BCUT2D eigenvalue weighted by atomic mass is 10.1. The molecule has 2 rings (SSSR count). The van der Waals surface area contributed by atoms with Crippen LogP contribution in [-0.2, 0) is 0 Å². The molecule has 0 radical (unpaired) electrons. The van der Waals surface area contributed by atoms with Crippen LogP contribution in [0.5, 0.6) is 0 Å². The van der Waals surface area contributed by atoms with Gasteiger partial charge >= 0.3 is 0 Å². The Bertz CT molecular complexity index is 366. The Labute approximate surface area is 117 Å². The predicted molar refractivity (Wildman–Crippen MR) is 83.2 cm³/mol. The van der Waals surface area contributed by atoms with E-state index in [0.29, 0.717) is 6.04 Å². The lowest BCUT2D eigenvalue weighted by Gasteiger charge is -2.33. The molecule has 1 aliphatic heterocycles. The van der Waals surface area contributed by atoms with Crippen LogP contribution in [0.3, 0.4) is 0 Å². The minimum absolute atomic E-state index is 0.717. The second-order valence-corrected chi connectivity index (χ2v) is 5.31. The zero-order valence-corrected chi connectivity index (χ0v) is 12.0. The topological polar surface area (TPSA) is 15.3 Å². The van der Waals surface area contributed by atoms with Crippen molar-refractivity contribution in [2.75, 3.05) is 26.2 Å². The van der Waals surface area contributed by atoms with Crippen molar-refractivity contribution in [1.29, 1.82) is 0 Å². The zero-order chi connectivity index (χ0) is 13.3. The number of nitrogens with zero attached hydrogens (tertiary/aromatic N) is 1. The summed E-state index contributed by atoms with van der Waals surface area (Å²) in [5, 5.41) is 3.52. The molecule has 1 aromatic carbocycles. The molecular weight excluding hydrogens is 232 g/mol. The van der Waals surface area contributed by atoms with E-state index in [0.717, 1.165) is 13.1 Å². The van der Waals surface area contributed by atoms with Crippen LogP contribution in [0.2, 0.25) is 0 Å². The second-order valence-electron chi connectivity index (χ2n) is 5.31. The summed E-state index contributed by atoms with van der Waals surface area (Å²) in [4.78, 5) is 2.62. The van der Waals surface area contributed by atoms with Crippen molar-refractivity contribution in [2.24, 2.45) is 0 Å². The molecule has 19 heavy (non-hydrogen) atoms. The monoisotopic (exact) mass is 258 g/mol. The first kappa shape index (κ1) is 14.3. The summed E-state index contributed by atoms with van der Waals surface area (Å²) in [6.07, 6.45) is 8.42. The van der Waals surface area contributed by atoms with E-state index in [-0.39, 0.29) is 0 Å². The van der Waals surface area contributed by atoms with E-state index in [2.05, 4.69) is 59.6 Å². The maximum atomic E-state index is 3.52. The average Bonchev–Trinajstić information content (AvgIpc) is 2.48.